The lowest BCUT2D eigenvalue weighted by molar-refractivity contribution is 0.0936. The third kappa shape index (κ3) is 4.46. The third-order valence-corrected chi connectivity index (χ3v) is 8.04. The van der Waals surface area contributed by atoms with Crippen molar-refractivity contribution in [1.82, 2.24) is 19.1 Å². The summed E-state index contributed by atoms with van der Waals surface area (Å²) in [7, 11) is -3.34. The highest BCUT2D eigenvalue weighted by molar-refractivity contribution is 7.88. The van der Waals surface area contributed by atoms with Crippen molar-refractivity contribution < 1.29 is 13.2 Å². The Balaban J connectivity index is 1.67. The number of hydrogen-bond donors (Lipinski definition) is 0. The Morgan fingerprint density at radius 3 is 2.83 bits per heavy atom. The second-order valence-corrected chi connectivity index (χ2v) is 11.3. The van der Waals surface area contributed by atoms with Gasteiger partial charge in [-0.2, -0.15) is 14.1 Å². The first-order valence-corrected chi connectivity index (χ1v) is 13.0. The van der Waals surface area contributed by atoms with Crippen LogP contribution in [0.3, 0.4) is 0 Å². The number of thiophene rings is 1. The molecule has 0 aliphatic carbocycles. The molecule has 1 saturated heterocycles. The highest BCUT2D eigenvalue weighted by atomic mass is 35.5. The van der Waals surface area contributed by atoms with E-state index in [0.29, 0.717) is 37.2 Å². The van der Waals surface area contributed by atoms with Crippen molar-refractivity contribution in [2.45, 2.75) is 31.7 Å². The molecule has 3 aromatic rings. The van der Waals surface area contributed by atoms with Crippen LogP contribution in [-0.2, 0) is 22.9 Å². The lowest BCUT2D eigenvalue weighted by Gasteiger charge is -2.20. The fourth-order valence-corrected chi connectivity index (χ4v) is 6.30. The fourth-order valence-electron chi connectivity index (χ4n) is 3.55. The molecule has 0 bridgehead atoms. The zero-order chi connectivity index (χ0) is 20.6. The quantitative estimate of drug-likeness (QED) is 0.549. The molecule has 0 radical (unpaired) electrons. The Kier molecular flexibility index (Phi) is 5.90. The summed E-state index contributed by atoms with van der Waals surface area (Å²) in [4.78, 5) is 18.2. The van der Waals surface area contributed by atoms with E-state index in [9.17, 15) is 13.2 Å². The van der Waals surface area contributed by atoms with Gasteiger partial charge < -0.3 is 0 Å². The molecule has 0 N–H and O–H groups in total. The van der Waals surface area contributed by atoms with Gasteiger partial charge in [-0.1, -0.05) is 11.6 Å². The number of nitrogens with zero attached hydrogens (tertiary/aromatic N) is 4. The molecule has 1 atom stereocenters. The monoisotopic (exact) mass is 470 g/mol. The fraction of sp³-hybridized carbons (Fsp3) is 0.389. The van der Waals surface area contributed by atoms with E-state index < -0.39 is 10.0 Å². The second kappa shape index (κ2) is 8.27. The highest BCUT2D eigenvalue weighted by Gasteiger charge is 2.35. The maximum absolute atomic E-state index is 12.9. The van der Waals surface area contributed by atoms with Crippen molar-refractivity contribution in [3.63, 3.8) is 0 Å². The summed E-state index contributed by atoms with van der Waals surface area (Å²) < 4.78 is 27.9. The minimum Gasteiger partial charge on any atom is -0.265 e. The molecule has 11 heteroatoms. The average Bonchev–Trinajstić information content (AvgIpc) is 3.44. The molecule has 29 heavy (non-hydrogen) atoms. The zero-order valence-electron chi connectivity index (χ0n) is 15.6. The Morgan fingerprint density at radius 1 is 1.34 bits per heavy atom. The van der Waals surface area contributed by atoms with Gasteiger partial charge in [0.2, 0.25) is 10.0 Å². The van der Waals surface area contributed by atoms with Crippen LogP contribution in [0.5, 0.6) is 0 Å². The van der Waals surface area contributed by atoms with Gasteiger partial charge in [0.25, 0.3) is 5.91 Å². The third-order valence-electron chi connectivity index (χ3n) is 4.87. The van der Waals surface area contributed by atoms with Crippen LogP contribution in [0.1, 0.15) is 45.6 Å². The van der Waals surface area contributed by atoms with Crippen LogP contribution in [0.2, 0.25) is 4.34 Å². The molecule has 3 aromatic heterocycles. The predicted molar refractivity (Wildman–Crippen MR) is 114 cm³/mol. The van der Waals surface area contributed by atoms with Gasteiger partial charge in [-0.15, -0.1) is 22.7 Å². The van der Waals surface area contributed by atoms with E-state index in [1.165, 1.54) is 37.9 Å². The first kappa shape index (κ1) is 20.7. The normalized spacial score (nSPS) is 17.8. The zero-order valence-corrected chi connectivity index (χ0v) is 18.8. The molecule has 0 saturated carbocycles. The van der Waals surface area contributed by atoms with E-state index in [1.54, 1.807) is 10.9 Å². The van der Waals surface area contributed by atoms with Crippen molar-refractivity contribution in [3.8, 4) is 0 Å². The van der Waals surface area contributed by atoms with Gasteiger partial charge >= 0.3 is 0 Å². The number of carbonyl (C=O) groups is 1. The number of carbonyl (C=O) groups excluding carboxylic acids is 1. The van der Waals surface area contributed by atoms with Gasteiger partial charge in [-0.3, -0.25) is 4.79 Å². The summed E-state index contributed by atoms with van der Waals surface area (Å²) in [5, 5.41) is 6.22. The highest BCUT2D eigenvalue weighted by Crippen LogP contribution is 2.34. The van der Waals surface area contributed by atoms with Gasteiger partial charge in [0.05, 0.1) is 27.8 Å². The molecule has 1 aliphatic heterocycles. The van der Waals surface area contributed by atoms with Crippen LogP contribution in [0.25, 0.3) is 0 Å². The van der Waals surface area contributed by atoms with E-state index in [4.69, 9.17) is 11.6 Å². The lowest BCUT2D eigenvalue weighted by atomic mass is 10.1. The van der Waals surface area contributed by atoms with E-state index in [-0.39, 0.29) is 11.9 Å². The van der Waals surface area contributed by atoms with E-state index in [1.807, 2.05) is 18.2 Å². The Hall–Kier alpha value is -1.59. The Morgan fingerprint density at radius 2 is 2.17 bits per heavy atom. The molecule has 4 heterocycles. The van der Waals surface area contributed by atoms with Crippen LogP contribution in [-0.4, -0.2) is 46.2 Å². The van der Waals surface area contributed by atoms with Gasteiger partial charge in [0, 0.05) is 22.5 Å². The van der Waals surface area contributed by atoms with Crippen LogP contribution < -0.4 is 0 Å². The SMILES string of the molecule is CS(=O)(=O)N1CCCC1c1cc(CCc2ccc(Cl)s2)n(C(=O)c2cscn2)n1. The maximum atomic E-state index is 12.9. The number of halogens is 1. The lowest BCUT2D eigenvalue weighted by Crippen LogP contribution is -2.29. The van der Waals surface area contributed by atoms with Crippen molar-refractivity contribution >= 4 is 50.2 Å². The van der Waals surface area contributed by atoms with Crippen molar-refractivity contribution in [1.29, 1.82) is 0 Å². The first-order chi connectivity index (χ1) is 13.8. The van der Waals surface area contributed by atoms with Gasteiger partial charge in [0.1, 0.15) is 5.69 Å². The van der Waals surface area contributed by atoms with E-state index in [2.05, 4.69) is 10.1 Å². The molecule has 1 aliphatic rings. The average molecular weight is 471 g/mol. The molecule has 0 spiro atoms. The summed E-state index contributed by atoms with van der Waals surface area (Å²) in [6, 6.07) is 5.34. The molecular formula is C18H19ClN4O3S3. The number of hydrogen-bond acceptors (Lipinski definition) is 7. The standard InChI is InChI=1S/C18H19ClN4O3S3/c1-29(25,26)22-8-2-3-16(22)14-9-12(4-5-13-6-7-17(19)28-13)23(21-14)18(24)15-10-27-11-20-15/h6-7,9-11,16H,2-5,8H2,1H3. The van der Waals surface area contributed by atoms with Gasteiger partial charge in [0.15, 0.2) is 0 Å². The molecule has 0 amide bonds. The number of rotatable bonds is 6. The summed E-state index contributed by atoms with van der Waals surface area (Å²) >= 11 is 8.87. The summed E-state index contributed by atoms with van der Waals surface area (Å²) in [6.07, 6.45) is 3.98. The number of aryl methyl sites for hydroxylation is 2. The topological polar surface area (TPSA) is 85.2 Å². The predicted octanol–water partition coefficient (Wildman–Crippen LogP) is 3.62. The van der Waals surface area contributed by atoms with Crippen LogP contribution in [0.4, 0.5) is 0 Å². The summed E-state index contributed by atoms with van der Waals surface area (Å²) in [5.41, 5.74) is 3.28. The van der Waals surface area contributed by atoms with Crippen molar-refractivity contribution in [2.75, 3.05) is 12.8 Å². The maximum Gasteiger partial charge on any atom is 0.297 e. The van der Waals surface area contributed by atoms with E-state index in [0.717, 1.165) is 21.3 Å². The van der Waals surface area contributed by atoms with Crippen LogP contribution in [0, 0.1) is 0 Å². The number of aromatic nitrogens is 3. The number of thiazole rings is 1. The molecule has 0 aromatic carbocycles. The second-order valence-electron chi connectivity index (χ2n) is 6.89. The minimum atomic E-state index is -3.34. The molecule has 7 nitrogen and oxygen atoms in total. The largest absolute Gasteiger partial charge is 0.297 e. The van der Waals surface area contributed by atoms with Crippen molar-refractivity contribution in [2.24, 2.45) is 0 Å². The molecule has 4 rings (SSSR count). The summed E-state index contributed by atoms with van der Waals surface area (Å²) in [6.45, 7) is 0.472. The van der Waals surface area contributed by atoms with Crippen molar-refractivity contribution in [3.05, 3.63) is 55.4 Å². The van der Waals surface area contributed by atoms with Crippen LogP contribution >= 0.6 is 34.3 Å². The number of sulfonamides is 1. The molecule has 1 fully saturated rings. The minimum absolute atomic E-state index is 0.305. The van der Waals surface area contributed by atoms with Gasteiger partial charge in [-0.25, -0.2) is 13.4 Å². The van der Waals surface area contributed by atoms with Crippen LogP contribution in [0.15, 0.2) is 29.1 Å². The molecule has 154 valence electrons. The summed E-state index contributed by atoms with van der Waals surface area (Å²) in [5.74, 6) is -0.305. The van der Waals surface area contributed by atoms with Gasteiger partial charge in [-0.05, 0) is 43.9 Å². The molecule has 1 unspecified atom stereocenters. The van der Waals surface area contributed by atoms with E-state index >= 15 is 0 Å². The Labute approximate surface area is 182 Å². The molecular weight excluding hydrogens is 452 g/mol. The Bertz CT molecular complexity index is 1120. The first-order valence-electron chi connectivity index (χ1n) is 9.05. The smallest absolute Gasteiger partial charge is 0.265 e.